The number of carbonyl (C=O) groups excluding carboxylic acids is 2. The largest absolute Gasteiger partial charge is 0.416 e. The molecule has 1 aromatic heterocycles. The molecule has 0 saturated carbocycles. The maximum absolute atomic E-state index is 12.7. The number of fused-ring (bicyclic) bond motifs is 1. The third kappa shape index (κ3) is 4.03. The van der Waals surface area contributed by atoms with Crippen molar-refractivity contribution in [3.05, 3.63) is 82.1 Å². The molecule has 1 aliphatic rings. The normalized spacial score (nSPS) is 13.6. The van der Waals surface area contributed by atoms with E-state index in [9.17, 15) is 22.8 Å². The quantitative estimate of drug-likeness (QED) is 0.584. The Morgan fingerprint density at radius 3 is 2.28 bits per heavy atom. The molecule has 10 heteroatoms. The molecular formula is C22H18ClF3N4O2. The monoisotopic (exact) mass is 462 g/mol. The number of rotatable bonds is 3. The molecule has 0 spiro atoms. The number of aromatic nitrogens is 1. The first-order valence-corrected chi connectivity index (χ1v) is 10.0. The van der Waals surface area contributed by atoms with Crippen LogP contribution in [0, 0.1) is 0 Å². The van der Waals surface area contributed by atoms with Gasteiger partial charge in [-0.25, -0.2) is 4.79 Å². The molecule has 166 valence electrons. The van der Waals surface area contributed by atoms with Gasteiger partial charge in [-0.2, -0.15) is 13.2 Å². The minimum Gasteiger partial charge on any atom is -0.365 e. The number of carbonyl (C=O) groups is 2. The van der Waals surface area contributed by atoms with Gasteiger partial charge < -0.3 is 20.5 Å². The number of nitrogens with two attached hydrogens (primary N) is 1. The zero-order chi connectivity index (χ0) is 23.0. The van der Waals surface area contributed by atoms with Gasteiger partial charge in [0, 0.05) is 35.6 Å². The lowest BCUT2D eigenvalue weighted by atomic mass is 10.0. The molecule has 0 radical (unpaired) electrons. The van der Waals surface area contributed by atoms with Crippen molar-refractivity contribution in [2.24, 2.45) is 5.73 Å². The van der Waals surface area contributed by atoms with Gasteiger partial charge in [0.05, 0.1) is 17.7 Å². The first-order chi connectivity index (χ1) is 15.2. The number of hydrogen-bond acceptors (Lipinski definition) is 2. The number of benzene rings is 2. The van der Waals surface area contributed by atoms with E-state index < -0.39 is 23.7 Å². The molecule has 2 heterocycles. The Hall–Kier alpha value is -3.46. The molecule has 0 atom stereocenters. The van der Waals surface area contributed by atoms with Crippen molar-refractivity contribution >= 4 is 29.2 Å². The van der Waals surface area contributed by atoms with Crippen LogP contribution in [0.25, 0.3) is 5.69 Å². The number of para-hydroxylation sites is 1. The summed E-state index contributed by atoms with van der Waals surface area (Å²) in [6, 6.07) is 12.9. The van der Waals surface area contributed by atoms with E-state index in [4.69, 9.17) is 17.3 Å². The highest BCUT2D eigenvalue weighted by Gasteiger charge is 2.32. The van der Waals surface area contributed by atoms with E-state index in [2.05, 4.69) is 5.32 Å². The molecule has 6 nitrogen and oxygen atoms in total. The Kier molecular flexibility index (Phi) is 5.60. The third-order valence-corrected chi connectivity index (χ3v) is 5.66. The highest BCUT2D eigenvalue weighted by atomic mass is 35.5. The molecular weight excluding hydrogens is 445 g/mol. The van der Waals surface area contributed by atoms with E-state index in [1.165, 1.54) is 17.0 Å². The van der Waals surface area contributed by atoms with Gasteiger partial charge in [-0.05, 0) is 36.4 Å². The van der Waals surface area contributed by atoms with Crippen LogP contribution in [-0.2, 0) is 19.1 Å². The van der Waals surface area contributed by atoms with E-state index in [-0.39, 0.29) is 22.9 Å². The summed E-state index contributed by atoms with van der Waals surface area (Å²) >= 11 is 6.51. The molecule has 3 aromatic rings. The van der Waals surface area contributed by atoms with Gasteiger partial charge in [0.25, 0.3) is 5.91 Å². The van der Waals surface area contributed by atoms with Gasteiger partial charge in [-0.15, -0.1) is 0 Å². The summed E-state index contributed by atoms with van der Waals surface area (Å²) in [4.78, 5) is 26.3. The number of alkyl halides is 3. The summed E-state index contributed by atoms with van der Waals surface area (Å²) in [7, 11) is 0. The zero-order valence-corrected chi connectivity index (χ0v) is 17.4. The van der Waals surface area contributed by atoms with E-state index >= 15 is 0 Å². The van der Waals surface area contributed by atoms with Crippen LogP contribution in [0.15, 0.2) is 54.6 Å². The van der Waals surface area contributed by atoms with Crippen LogP contribution in [0.1, 0.15) is 27.2 Å². The fraction of sp³-hybridized carbons (Fsp3) is 0.182. The molecule has 0 unspecified atom stereocenters. The van der Waals surface area contributed by atoms with Crippen LogP contribution < -0.4 is 11.1 Å². The lowest BCUT2D eigenvalue weighted by molar-refractivity contribution is -0.137. The summed E-state index contributed by atoms with van der Waals surface area (Å²) in [5, 5.41) is 2.77. The predicted octanol–water partition coefficient (Wildman–Crippen LogP) is 4.84. The van der Waals surface area contributed by atoms with Crippen molar-refractivity contribution in [3.63, 3.8) is 0 Å². The minimum absolute atomic E-state index is 0.0830. The highest BCUT2D eigenvalue weighted by Crippen LogP contribution is 2.35. The maximum atomic E-state index is 12.7. The van der Waals surface area contributed by atoms with Crippen molar-refractivity contribution in [1.29, 1.82) is 0 Å². The first-order valence-electron chi connectivity index (χ1n) is 9.67. The second-order valence-corrected chi connectivity index (χ2v) is 7.66. The molecule has 2 aromatic carbocycles. The standard InChI is InChI=1S/C22H18ClF3N4O2/c23-19-18(20(27)31)16-12-29(11-10-17(16)30(19)15-4-2-1-3-5-15)21(32)28-14-8-6-13(7-9-14)22(24,25)26/h1-9H,10-12H2,(H2,27,31)(H,28,32). The lowest BCUT2D eigenvalue weighted by Gasteiger charge is -2.28. The molecule has 0 saturated heterocycles. The molecule has 32 heavy (non-hydrogen) atoms. The fourth-order valence-electron chi connectivity index (χ4n) is 3.79. The Bertz CT molecular complexity index is 1170. The summed E-state index contributed by atoms with van der Waals surface area (Å²) in [5.41, 5.74) is 7.26. The molecule has 3 N–H and O–H groups in total. The number of nitrogens with one attached hydrogen (secondary N) is 1. The van der Waals surface area contributed by atoms with Crippen LogP contribution in [0.4, 0.5) is 23.7 Å². The highest BCUT2D eigenvalue weighted by molar-refractivity contribution is 6.33. The Morgan fingerprint density at radius 2 is 1.69 bits per heavy atom. The molecule has 0 fully saturated rings. The van der Waals surface area contributed by atoms with Crippen LogP contribution in [0.2, 0.25) is 5.15 Å². The Labute approximate surface area is 186 Å². The number of anilines is 1. The summed E-state index contributed by atoms with van der Waals surface area (Å²) in [5.74, 6) is -0.703. The van der Waals surface area contributed by atoms with Crippen LogP contribution >= 0.6 is 11.6 Å². The second kappa shape index (κ2) is 8.23. The average Bonchev–Trinajstić information content (AvgIpc) is 3.05. The van der Waals surface area contributed by atoms with Crippen molar-refractivity contribution in [2.45, 2.75) is 19.1 Å². The molecule has 4 rings (SSSR count). The third-order valence-electron chi connectivity index (χ3n) is 5.30. The number of nitrogens with zero attached hydrogens (tertiary/aromatic N) is 2. The summed E-state index contributed by atoms with van der Waals surface area (Å²) in [6.07, 6.45) is -4.04. The number of primary amides is 1. The number of halogens is 4. The topological polar surface area (TPSA) is 80.4 Å². The zero-order valence-electron chi connectivity index (χ0n) is 16.6. The van der Waals surface area contributed by atoms with Gasteiger partial charge >= 0.3 is 12.2 Å². The van der Waals surface area contributed by atoms with E-state index in [0.717, 1.165) is 23.5 Å². The van der Waals surface area contributed by atoms with Gasteiger partial charge in [-0.3, -0.25) is 4.79 Å². The van der Waals surface area contributed by atoms with Crippen molar-refractivity contribution in [1.82, 2.24) is 9.47 Å². The SMILES string of the molecule is NC(=O)c1c2c(n(-c3ccccc3)c1Cl)CCN(C(=O)Nc1ccc(C(F)(F)F)cc1)C2. The van der Waals surface area contributed by atoms with Gasteiger partial charge in [-0.1, -0.05) is 29.8 Å². The first kappa shape index (κ1) is 21.8. The minimum atomic E-state index is -4.46. The Morgan fingerprint density at radius 1 is 1.03 bits per heavy atom. The maximum Gasteiger partial charge on any atom is 0.416 e. The molecule has 0 aliphatic carbocycles. The fourth-order valence-corrected chi connectivity index (χ4v) is 4.20. The van der Waals surface area contributed by atoms with Crippen LogP contribution in [-0.4, -0.2) is 28.0 Å². The van der Waals surface area contributed by atoms with Crippen molar-refractivity contribution < 1.29 is 22.8 Å². The summed E-state index contributed by atoms with van der Waals surface area (Å²) < 4.78 is 39.9. The number of urea groups is 1. The van der Waals surface area contributed by atoms with Crippen LogP contribution in [0.5, 0.6) is 0 Å². The second-order valence-electron chi connectivity index (χ2n) is 7.30. The average molecular weight is 463 g/mol. The van der Waals surface area contributed by atoms with Gasteiger partial charge in [0.1, 0.15) is 5.15 Å². The predicted molar refractivity (Wildman–Crippen MR) is 114 cm³/mol. The van der Waals surface area contributed by atoms with E-state index in [1.54, 1.807) is 4.57 Å². The molecule has 1 aliphatic heterocycles. The molecule has 3 amide bonds. The smallest absolute Gasteiger partial charge is 0.365 e. The lowest BCUT2D eigenvalue weighted by Crippen LogP contribution is -2.39. The van der Waals surface area contributed by atoms with Crippen molar-refractivity contribution in [2.75, 3.05) is 11.9 Å². The van der Waals surface area contributed by atoms with Crippen LogP contribution in [0.3, 0.4) is 0 Å². The van der Waals surface area contributed by atoms with Gasteiger partial charge in [0.2, 0.25) is 0 Å². The van der Waals surface area contributed by atoms with E-state index in [0.29, 0.717) is 18.5 Å². The van der Waals surface area contributed by atoms with E-state index in [1.807, 2.05) is 30.3 Å². The van der Waals surface area contributed by atoms with Gasteiger partial charge in [0.15, 0.2) is 0 Å². The number of hydrogen-bond donors (Lipinski definition) is 2. The van der Waals surface area contributed by atoms with Crippen molar-refractivity contribution in [3.8, 4) is 5.69 Å². The molecule has 0 bridgehead atoms. The number of amides is 3. The summed E-state index contributed by atoms with van der Waals surface area (Å²) in [6.45, 7) is 0.407. The Balaban J connectivity index is 1.59.